The van der Waals surface area contributed by atoms with Gasteiger partial charge in [-0.15, -0.1) is 5.10 Å². The lowest BCUT2D eigenvalue weighted by Crippen LogP contribution is -2.06. The second kappa shape index (κ2) is 3.84. The van der Waals surface area contributed by atoms with Gasteiger partial charge in [0.2, 0.25) is 0 Å². The van der Waals surface area contributed by atoms with Crippen molar-refractivity contribution in [2.24, 2.45) is 0 Å². The molecule has 1 aromatic heterocycles. The van der Waals surface area contributed by atoms with Crippen LogP contribution in [-0.4, -0.2) is 22.4 Å². The fourth-order valence-corrected chi connectivity index (χ4v) is 2.29. The molecule has 1 N–H and O–H groups in total. The number of hydrogen-bond donors (Lipinski definition) is 1. The zero-order chi connectivity index (χ0) is 12.7. The minimum atomic E-state index is 0.660. The molecule has 0 unspecified atom stereocenters. The quantitative estimate of drug-likeness (QED) is 0.707. The zero-order valence-electron chi connectivity index (χ0n) is 10.1. The summed E-state index contributed by atoms with van der Waals surface area (Å²) in [6.45, 7) is 1.92. The van der Waals surface area contributed by atoms with Crippen molar-refractivity contribution >= 4 is 27.9 Å². The van der Waals surface area contributed by atoms with E-state index in [1.807, 2.05) is 31.2 Å². The lowest BCUT2D eigenvalue weighted by atomic mass is 10.0. The van der Waals surface area contributed by atoms with E-state index < -0.39 is 0 Å². The Morgan fingerprint density at radius 2 is 1.89 bits per heavy atom. The minimum Gasteiger partial charge on any atom is -0.515 e. The molecule has 0 aliphatic carbocycles. The number of aromatic nitrogens is 2. The van der Waals surface area contributed by atoms with E-state index in [1.165, 1.54) is 0 Å². The van der Waals surface area contributed by atoms with Gasteiger partial charge in [-0.1, -0.05) is 0 Å². The second-order valence-corrected chi connectivity index (χ2v) is 4.16. The molecule has 2 aromatic carbocycles. The molecule has 0 amide bonds. The first-order valence-electron chi connectivity index (χ1n) is 5.63. The fourth-order valence-electron chi connectivity index (χ4n) is 2.29. The minimum absolute atomic E-state index is 0.660. The molecule has 0 fully saturated rings. The molecule has 0 bridgehead atoms. The van der Waals surface area contributed by atoms with Crippen LogP contribution in [-0.2, 0) is 0 Å². The molecule has 0 aliphatic heterocycles. The number of aliphatic hydroxyl groups excluding tert-OH is 1. The molecule has 3 rings (SSSR count). The highest BCUT2D eigenvalue weighted by Crippen LogP contribution is 2.31. The molecule has 1 heterocycles. The molecule has 3 aromatic rings. The third-order valence-electron chi connectivity index (χ3n) is 3.19. The van der Waals surface area contributed by atoms with Crippen LogP contribution in [0.25, 0.3) is 27.9 Å². The molecule has 90 valence electrons. The number of ether oxygens (including phenoxy) is 1. The Morgan fingerprint density at radius 3 is 2.61 bits per heavy atom. The summed E-state index contributed by atoms with van der Waals surface area (Å²) < 4.78 is 5.36. The van der Waals surface area contributed by atoms with Crippen LogP contribution in [0.4, 0.5) is 0 Å². The van der Waals surface area contributed by atoms with Crippen molar-refractivity contribution in [3.05, 3.63) is 35.2 Å². The van der Waals surface area contributed by atoms with Gasteiger partial charge in [0.1, 0.15) is 11.3 Å². The van der Waals surface area contributed by atoms with E-state index in [2.05, 4.69) is 10.2 Å². The van der Waals surface area contributed by atoms with Gasteiger partial charge in [0.25, 0.3) is 0 Å². The average Bonchev–Trinajstić information content (AvgIpc) is 2.42. The first kappa shape index (κ1) is 10.8. The molecular weight excluding hydrogens is 228 g/mol. The lowest BCUT2D eigenvalue weighted by Gasteiger charge is -2.10. The van der Waals surface area contributed by atoms with E-state index in [9.17, 15) is 5.11 Å². The van der Waals surface area contributed by atoms with Gasteiger partial charge in [-0.3, -0.25) is 0 Å². The highest BCUT2D eigenvalue weighted by Gasteiger charge is 2.11. The van der Waals surface area contributed by atoms with Crippen molar-refractivity contribution in [3.63, 3.8) is 0 Å². The molecular formula is C14H12N2O2. The molecule has 0 spiro atoms. The highest BCUT2D eigenvalue weighted by molar-refractivity contribution is 6.11. The predicted molar refractivity (Wildman–Crippen MR) is 70.6 cm³/mol. The van der Waals surface area contributed by atoms with Crippen molar-refractivity contribution in [1.29, 1.82) is 0 Å². The number of methoxy groups -OCH3 is 1. The van der Waals surface area contributed by atoms with Gasteiger partial charge in [-0.2, -0.15) is 5.10 Å². The van der Waals surface area contributed by atoms with Gasteiger partial charge in [0, 0.05) is 21.4 Å². The first-order valence-corrected chi connectivity index (χ1v) is 5.63. The summed E-state index contributed by atoms with van der Waals surface area (Å²) in [4.78, 5) is 0. The normalized spacial score (nSPS) is 12.4. The van der Waals surface area contributed by atoms with Crippen molar-refractivity contribution < 1.29 is 9.84 Å². The maximum Gasteiger partial charge on any atom is 0.126 e. The summed E-state index contributed by atoms with van der Waals surface area (Å²) in [5, 5.41) is 21.2. The number of benzene rings is 2. The lowest BCUT2D eigenvalue weighted by molar-refractivity contribution is 0.420. The third-order valence-corrected chi connectivity index (χ3v) is 3.19. The number of aryl methyl sites for hydroxylation is 1. The van der Waals surface area contributed by atoms with Crippen LogP contribution >= 0.6 is 0 Å². The van der Waals surface area contributed by atoms with Crippen LogP contribution in [0.5, 0.6) is 5.75 Å². The summed E-state index contributed by atoms with van der Waals surface area (Å²) in [5.74, 6) is 0.796. The molecule has 0 saturated carbocycles. The van der Waals surface area contributed by atoms with E-state index in [-0.39, 0.29) is 0 Å². The topological polar surface area (TPSA) is 55.2 Å². The standard InChI is InChI=1S/C14H12N2O2/c1-8-10-5-6-12(18-2)11-4-3-9(7-17)14(13(10)11)16-15-8/h3-7,17H,1-2H3/b9-7-. The third kappa shape index (κ3) is 1.32. The van der Waals surface area contributed by atoms with Crippen molar-refractivity contribution in [2.45, 2.75) is 6.92 Å². The van der Waals surface area contributed by atoms with Crippen molar-refractivity contribution in [2.75, 3.05) is 7.11 Å². The molecule has 4 nitrogen and oxygen atoms in total. The number of nitrogens with zero attached hydrogens (tertiary/aromatic N) is 2. The Kier molecular flexibility index (Phi) is 2.30. The van der Waals surface area contributed by atoms with Gasteiger partial charge in [0.15, 0.2) is 0 Å². The number of rotatable bonds is 1. The molecule has 4 heteroatoms. The van der Waals surface area contributed by atoms with Crippen LogP contribution in [0.3, 0.4) is 0 Å². The first-order chi connectivity index (χ1) is 8.76. The van der Waals surface area contributed by atoms with Gasteiger partial charge < -0.3 is 9.84 Å². The Labute approximate surface area is 104 Å². The summed E-state index contributed by atoms with van der Waals surface area (Å²) in [7, 11) is 1.64. The predicted octanol–water partition coefficient (Wildman–Crippen LogP) is 2.11. The van der Waals surface area contributed by atoms with Crippen LogP contribution < -0.4 is 9.96 Å². The Morgan fingerprint density at radius 1 is 1.11 bits per heavy atom. The second-order valence-electron chi connectivity index (χ2n) is 4.16. The van der Waals surface area contributed by atoms with Gasteiger partial charge >= 0.3 is 0 Å². The van der Waals surface area contributed by atoms with Crippen molar-refractivity contribution in [1.82, 2.24) is 10.2 Å². The Bertz CT molecular complexity index is 797. The maximum absolute atomic E-state index is 9.25. The monoisotopic (exact) mass is 240 g/mol. The number of hydrogen-bond acceptors (Lipinski definition) is 4. The maximum atomic E-state index is 9.25. The van der Waals surface area contributed by atoms with Gasteiger partial charge in [-0.25, -0.2) is 0 Å². The van der Waals surface area contributed by atoms with E-state index in [4.69, 9.17) is 4.74 Å². The van der Waals surface area contributed by atoms with Gasteiger partial charge in [0.05, 0.1) is 19.1 Å². The van der Waals surface area contributed by atoms with Crippen LogP contribution in [0.1, 0.15) is 5.69 Å². The number of aliphatic hydroxyl groups is 1. The SMILES string of the molecule is COc1ccc2c(C)nnc3/c(=C\O)ccc1c23. The molecule has 0 atom stereocenters. The summed E-state index contributed by atoms with van der Waals surface area (Å²) in [6, 6.07) is 7.63. The smallest absolute Gasteiger partial charge is 0.126 e. The van der Waals surface area contributed by atoms with Crippen LogP contribution in [0.15, 0.2) is 24.3 Å². The average molecular weight is 240 g/mol. The molecule has 0 radical (unpaired) electrons. The van der Waals surface area contributed by atoms with E-state index >= 15 is 0 Å². The molecule has 18 heavy (non-hydrogen) atoms. The Hall–Kier alpha value is -2.36. The van der Waals surface area contributed by atoms with Crippen LogP contribution in [0, 0.1) is 6.92 Å². The highest BCUT2D eigenvalue weighted by atomic mass is 16.5. The molecule has 0 saturated heterocycles. The summed E-state index contributed by atoms with van der Waals surface area (Å²) in [5.41, 5.74) is 1.56. The van der Waals surface area contributed by atoms with Crippen LogP contribution in [0.2, 0.25) is 0 Å². The summed E-state index contributed by atoms with van der Waals surface area (Å²) in [6.07, 6.45) is 1.05. The van der Waals surface area contributed by atoms with E-state index in [0.717, 1.165) is 33.9 Å². The van der Waals surface area contributed by atoms with Gasteiger partial charge in [-0.05, 0) is 31.2 Å². The fraction of sp³-hybridized carbons (Fsp3) is 0.143. The molecule has 0 aliphatic rings. The van der Waals surface area contributed by atoms with E-state index in [0.29, 0.717) is 10.7 Å². The Balaban J connectivity index is 2.67. The zero-order valence-corrected chi connectivity index (χ0v) is 10.1. The summed E-state index contributed by atoms with van der Waals surface area (Å²) >= 11 is 0. The van der Waals surface area contributed by atoms with E-state index in [1.54, 1.807) is 7.11 Å². The largest absolute Gasteiger partial charge is 0.515 e. The van der Waals surface area contributed by atoms with Crippen molar-refractivity contribution in [3.8, 4) is 5.75 Å².